The lowest BCUT2D eigenvalue weighted by Crippen LogP contribution is -2.53. The number of carbonyl (C=O) groups is 2. The Morgan fingerprint density at radius 2 is 1.76 bits per heavy atom. The molecule has 2 unspecified atom stereocenters. The molecule has 2 saturated heterocycles. The molecule has 0 aromatic heterocycles. The van der Waals surface area contributed by atoms with Crippen LogP contribution in [0, 0.1) is 6.92 Å². The first-order chi connectivity index (χ1) is 16.4. The molecule has 0 bridgehead atoms. The van der Waals surface area contributed by atoms with Gasteiger partial charge in [0.2, 0.25) is 11.8 Å². The van der Waals surface area contributed by atoms with Crippen molar-refractivity contribution < 1.29 is 14.3 Å². The highest BCUT2D eigenvalue weighted by Crippen LogP contribution is 2.28. The maximum atomic E-state index is 13.4. The number of hydrogen-bond donors (Lipinski definition) is 1. The summed E-state index contributed by atoms with van der Waals surface area (Å²) in [5.41, 5.74) is 3.60. The molecule has 2 aromatic carbocycles. The van der Waals surface area contributed by atoms with E-state index in [-0.39, 0.29) is 17.9 Å². The van der Waals surface area contributed by atoms with Crippen molar-refractivity contribution in [1.82, 2.24) is 20.0 Å². The summed E-state index contributed by atoms with van der Waals surface area (Å²) in [6.45, 7) is 8.70. The van der Waals surface area contributed by atoms with E-state index in [2.05, 4.69) is 53.5 Å². The second-order valence-electron chi connectivity index (χ2n) is 9.39. The lowest BCUT2D eigenvalue weighted by atomic mass is 10.1. The number of rotatable bonds is 7. The van der Waals surface area contributed by atoms with E-state index in [0.717, 1.165) is 37.5 Å². The third kappa shape index (κ3) is 5.77. The number of aryl methyl sites for hydroxylation is 1. The van der Waals surface area contributed by atoms with E-state index in [1.807, 2.05) is 17.0 Å². The van der Waals surface area contributed by atoms with Gasteiger partial charge in [-0.05, 0) is 36.6 Å². The van der Waals surface area contributed by atoms with Gasteiger partial charge in [-0.3, -0.25) is 14.5 Å². The van der Waals surface area contributed by atoms with Crippen LogP contribution < -0.4 is 10.1 Å². The summed E-state index contributed by atoms with van der Waals surface area (Å²) in [4.78, 5) is 32.0. The van der Waals surface area contributed by atoms with Crippen LogP contribution >= 0.6 is 0 Å². The van der Waals surface area contributed by atoms with E-state index in [1.165, 1.54) is 11.1 Å². The van der Waals surface area contributed by atoms with Gasteiger partial charge in [0.1, 0.15) is 11.8 Å². The Labute approximate surface area is 202 Å². The van der Waals surface area contributed by atoms with Crippen LogP contribution in [0.4, 0.5) is 0 Å². The van der Waals surface area contributed by atoms with Crippen LogP contribution in [0.25, 0.3) is 0 Å². The summed E-state index contributed by atoms with van der Waals surface area (Å²) in [7, 11) is 1.68. The molecule has 2 aliphatic rings. The highest BCUT2D eigenvalue weighted by molar-refractivity contribution is 5.87. The van der Waals surface area contributed by atoms with Crippen molar-refractivity contribution in [1.29, 1.82) is 0 Å². The number of methoxy groups -OCH3 is 1. The molecule has 7 nitrogen and oxygen atoms in total. The average Bonchev–Trinajstić information content (AvgIpc) is 3.31. The van der Waals surface area contributed by atoms with Gasteiger partial charge in [0, 0.05) is 58.8 Å². The quantitative estimate of drug-likeness (QED) is 0.682. The zero-order valence-corrected chi connectivity index (χ0v) is 20.5. The third-order valence-electron chi connectivity index (χ3n) is 6.94. The fraction of sp³-hybridized carbons (Fsp3) is 0.481. The fourth-order valence-corrected chi connectivity index (χ4v) is 5.00. The molecule has 0 spiro atoms. The van der Waals surface area contributed by atoms with Gasteiger partial charge in [-0.2, -0.15) is 0 Å². The molecule has 2 amide bonds. The molecule has 4 rings (SSSR count). The average molecular weight is 465 g/mol. The molecule has 34 heavy (non-hydrogen) atoms. The molecule has 2 heterocycles. The van der Waals surface area contributed by atoms with Gasteiger partial charge in [0.15, 0.2) is 0 Å². The minimum absolute atomic E-state index is 0.0346. The monoisotopic (exact) mass is 464 g/mol. The SMILES string of the molecule is COc1cccc(CN(Cc2ccc(C)cc2)C2CC(C(=O)N3CCNCC3)N(C(C)=O)C2)c1. The molecule has 2 aromatic rings. The molecule has 7 heteroatoms. The van der Waals surface area contributed by atoms with Crippen molar-refractivity contribution in [3.63, 3.8) is 0 Å². The number of carbonyl (C=O) groups excluding carboxylic acids is 2. The first-order valence-electron chi connectivity index (χ1n) is 12.1. The van der Waals surface area contributed by atoms with Gasteiger partial charge < -0.3 is 19.9 Å². The van der Waals surface area contributed by atoms with Crippen LogP contribution in [0.3, 0.4) is 0 Å². The Morgan fingerprint density at radius 1 is 1.06 bits per heavy atom. The second kappa shape index (κ2) is 11.0. The summed E-state index contributed by atoms with van der Waals surface area (Å²) in [5, 5.41) is 3.30. The van der Waals surface area contributed by atoms with Crippen LogP contribution in [-0.2, 0) is 22.7 Å². The van der Waals surface area contributed by atoms with Crippen LogP contribution in [0.5, 0.6) is 5.75 Å². The molecule has 0 aliphatic carbocycles. The summed E-state index contributed by atoms with van der Waals surface area (Å²) in [5.74, 6) is 0.875. The van der Waals surface area contributed by atoms with E-state index in [9.17, 15) is 9.59 Å². The van der Waals surface area contributed by atoms with Crippen molar-refractivity contribution >= 4 is 11.8 Å². The van der Waals surface area contributed by atoms with Gasteiger partial charge in [-0.1, -0.05) is 42.0 Å². The lowest BCUT2D eigenvalue weighted by Gasteiger charge is -2.32. The Kier molecular flexibility index (Phi) is 7.85. The number of piperazine rings is 1. The third-order valence-corrected chi connectivity index (χ3v) is 6.94. The number of amides is 2. The molecule has 2 atom stereocenters. The first-order valence-corrected chi connectivity index (χ1v) is 12.1. The summed E-state index contributed by atoms with van der Waals surface area (Å²) >= 11 is 0. The summed E-state index contributed by atoms with van der Waals surface area (Å²) in [6, 6.07) is 16.4. The minimum Gasteiger partial charge on any atom is -0.497 e. The summed E-state index contributed by atoms with van der Waals surface area (Å²) in [6.07, 6.45) is 0.651. The van der Waals surface area contributed by atoms with Crippen LogP contribution in [0.15, 0.2) is 48.5 Å². The van der Waals surface area contributed by atoms with Crippen LogP contribution in [0.1, 0.15) is 30.0 Å². The predicted octanol–water partition coefficient (Wildman–Crippen LogP) is 2.43. The highest BCUT2D eigenvalue weighted by Gasteiger charge is 2.42. The van der Waals surface area contributed by atoms with Crippen molar-refractivity contribution in [2.75, 3.05) is 39.8 Å². The Morgan fingerprint density at radius 3 is 2.44 bits per heavy atom. The predicted molar refractivity (Wildman–Crippen MR) is 132 cm³/mol. The molecule has 1 N–H and O–H groups in total. The van der Waals surface area contributed by atoms with E-state index in [4.69, 9.17) is 4.74 Å². The largest absolute Gasteiger partial charge is 0.497 e. The van der Waals surface area contributed by atoms with Crippen molar-refractivity contribution in [2.24, 2.45) is 0 Å². The van der Waals surface area contributed by atoms with Crippen molar-refractivity contribution in [2.45, 2.75) is 45.4 Å². The number of nitrogens with one attached hydrogen (secondary N) is 1. The number of likely N-dealkylation sites (tertiary alicyclic amines) is 1. The molecule has 0 saturated carbocycles. The van der Waals surface area contributed by atoms with Gasteiger partial charge in [-0.15, -0.1) is 0 Å². The maximum Gasteiger partial charge on any atom is 0.245 e. The standard InChI is InChI=1S/C27H36N4O3/c1-20-7-9-22(10-8-20)17-30(18-23-5-4-6-25(15-23)34-3)24-16-26(31(19-24)21(2)32)27(33)29-13-11-28-12-14-29/h4-10,15,24,26,28H,11-14,16-19H2,1-3H3. The van der Waals surface area contributed by atoms with Gasteiger partial charge in [0.25, 0.3) is 0 Å². The smallest absolute Gasteiger partial charge is 0.245 e. The zero-order valence-electron chi connectivity index (χ0n) is 20.5. The zero-order chi connectivity index (χ0) is 24.1. The Bertz CT molecular complexity index is 988. The summed E-state index contributed by atoms with van der Waals surface area (Å²) < 4.78 is 5.43. The normalized spacial score (nSPS) is 20.6. The molecule has 2 fully saturated rings. The van der Waals surface area contributed by atoms with Crippen LogP contribution in [-0.4, -0.2) is 78.4 Å². The van der Waals surface area contributed by atoms with E-state index in [0.29, 0.717) is 26.1 Å². The van der Waals surface area contributed by atoms with E-state index in [1.54, 1.807) is 18.9 Å². The molecule has 2 aliphatic heterocycles. The Hall–Kier alpha value is -2.90. The highest BCUT2D eigenvalue weighted by atomic mass is 16.5. The van der Waals surface area contributed by atoms with Crippen molar-refractivity contribution in [3.8, 4) is 5.75 Å². The fourth-order valence-electron chi connectivity index (χ4n) is 5.00. The molecule has 182 valence electrons. The molecule has 0 radical (unpaired) electrons. The van der Waals surface area contributed by atoms with Crippen LogP contribution in [0.2, 0.25) is 0 Å². The number of ether oxygens (including phenoxy) is 1. The Balaban J connectivity index is 1.57. The van der Waals surface area contributed by atoms with E-state index >= 15 is 0 Å². The van der Waals surface area contributed by atoms with Gasteiger partial charge >= 0.3 is 0 Å². The van der Waals surface area contributed by atoms with E-state index < -0.39 is 6.04 Å². The van der Waals surface area contributed by atoms with Crippen molar-refractivity contribution in [3.05, 3.63) is 65.2 Å². The number of benzene rings is 2. The molecular formula is C27H36N4O3. The molecular weight excluding hydrogens is 428 g/mol. The topological polar surface area (TPSA) is 65.1 Å². The lowest BCUT2D eigenvalue weighted by molar-refractivity contribution is -0.143. The number of hydrogen-bond acceptors (Lipinski definition) is 5. The van der Waals surface area contributed by atoms with Gasteiger partial charge in [-0.25, -0.2) is 0 Å². The maximum absolute atomic E-state index is 13.4. The van der Waals surface area contributed by atoms with Gasteiger partial charge in [0.05, 0.1) is 7.11 Å². The number of nitrogens with zero attached hydrogens (tertiary/aromatic N) is 3. The second-order valence-corrected chi connectivity index (χ2v) is 9.39. The minimum atomic E-state index is -0.397. The first kappa shape index (κ1) is 24.2.